The molecule has 23 heavy (non-hydrogen) atoms. The predicted octanol–water partition coefficient (Wildman–Crippen LogP) is 3.98. The van der Waals surface area contributed by atoms with E-state index in [-0.39, 0.29) is 6.03 Å². The zero-order valence-corrected chi connectivity index (χ0v) is 12.7. The number of anilines is 1. The fraction of sp³-hybridized carbons (Fsp3) is 0.222. The second-order valence-electron chi connectivity index (χ2n) is 5.39. The number of hydrogen-bond acceptors (Lipinski definition) is 3. The Bertz CT molecular complexity index is 711. The molecule has 2 amide bonds. The molecule has 0 radical (unpaired) electrons. The van der Waals surface area contributed by atoms with Crippen LogP contribution >= 0.6 is 0 Å². The average molecular weight is 307 g/mol. The van der Waals surface area contributed by atoms with Crippen molar-refractivity contribution in [2.75, 3.05) is 18.4 Å². The molecule has 3 rings (SSSR count). The van der Waals surface area contributed by atoms with E-state index in [9.17, 15) is 4.79 Å². The highest BCUT2D eigenvalue weighted by molar-refractivity contribution is 5.89. The van der Waals surface area contributed by atoms with Crippen LogP contribution in [0.1, 0.15) is 18.4 Å². The van der Waals surface area contributed by atoms with E-state index in [1.54, 1.807) is 36.4 Å². The zero-order valence-electron chi connectivity index (χ0n) is 12.7. The standard InChI is InChI=1S/C18H17N3O2/c19-13-14-3-7-16(8-4-14)23-17-9-5-15(6-10-17)20-18(22)21-11-1-2-12-21/h3-10H,1-2,11-12H2,(H,20,22). The summed E-state index contributed by atoms with van der Waals surface area (Å²) in [7, 11) is 0. The third kappa shape index (κ3) is 3.80. The number of benzene rings is 2. The predicted molar refractivity (Wildman–Crippen MR) is 87.5 cm³/mol. The Kier molecular flexibility index (Phi) is 4.44. The normalized spacial score (nSPS) is 13.4. The Morgan fingerprint density at radius 1 is 1.00 bits per heavy atom. The van der Waals surface area contributed by atoms with Crippen molar-refractivity contribution in [3.63, 3.8) is 0 Å². The highest BCUT2D eigenvalue weighted by atomic mass is 16.5. The molecule has 1 heterocycles. The molecule has 1 saturated heterocycles. The van der Waals surface area contributed by atoms with E-state index in [0.29, 0.717) is 17.1 Å². The molecule has 2 aromatic carbocycles. The maximum atomic E-state index is 12.0. The van der Waals surface area contributed by atoms with Gasteiger partial charge < -0.3 is 15.0 Å². The third-order valence-corrected chi connectivity index (χ3v) is 3.72. The monoisotopic (exact) mass is 307 g/mol. The summed E-state index contributed by atoms with van der Waals surface area (Å²) in [6, 6.07) is 16.2. The summed E-state index contributed by atoms with van der Waals surface area (Å²) >= 11 is 0. The summed E-state index contributed by atoms with van der Waals surface area (Å²) in [5.41, 5.74) is 1.34. The summed E-state index contributed by atoms with van der Waals surface area (Å²) in [5, 5.41) is 11.7. The lowest BCUT2D eigenvalue weighted by molar-refractivity contribution is 0.222. The maximum absolute atomic E-state index is 12.0. The van der Waals surface area contributed by atoms with Crippen LogP contribution in [-0.4, -0.2) is 24.0 Å². The van der Waals surface area contributed by atoms with Crippen molar-refractivity contribution in [1.29, 1.82) is 5.26 Å². The molecule has 0 saturated carbocycles. The summed E-state index contributed by atoms with van der Waals surface area (Å²) < 4.78 is 5.71. The van der Waals surface area contributed by atoms with E-state index in [2.05, 4.69) is 11.4 Å². The number of amides is 2. The number of likely N-dealkylation sites (tertiary alicyclic amines) is 1. The molecule has 5 nitrogen and oxygen atoms in total. The van der Waals surface area contributed by atoms with Gasteiger partial charge in [0.25, 0.3) is 0 Å². The van der Waals surface area contributed by atoms with E-state index >= 15 is 0 Å². The highest BCUT2D eigenvalue weighted by Crippen LogP contribution is 2.23. The number of carbonyl (C=O) groups is 1. The number of hydrogen-bond donors (Lipinski definition) is 1. The van der Waals surface area contributed by atoms with Crippen molar-refractivity contribution in [2.45, 2.75) is 12.8 Å². The molecule has 116 valence electrons. The molecule has 1 fully saturated rings. The van der Waals surface area contributed by atoms with Gasteiger partial charge in [0.05, 0.1) is 11.6 Å². The minimum absolute atomic E-state index is 0.0525. The van der Waals surface area contributed by atoms with Gasteiger partial charge >= 0.3 is 6.03 Å². The molecule has 0 bridgehead atoms. The topological polar surface area (TPSA) is 65.4 Å². The summed E-state index contributed by atoms with van der Waals surface area (Å²) in [5.74, 6) is 1.34. The lowest BCUT2D eigenvalue weighted by atomic mass is 10.2. The molecule has 5 heteroatoms. The summed E-state index contributed by atoms with van der Waals surface area (Å²) in [6.45, 7) is 1.65. The molecule has 0 spiro atoms. The minimum Gasteiger partial charge on any atom is -0.457 e. The zero-order chi connectivity index (χ0) is 16.1. The lowest BCUT2D eigenvalue weighted by Crippen LogP contribution is -2.32. The third-order valence-electron chi connectivity index (χ3n) is 3.72. The van der Waals surface area contributed by atoms with Gasteiger partial charge in [-0.25, -0.2) is 4.79 Å². The lowest BCUT2D eigenvalue weighted by Gasteiger charge is -2.16. The molecule has 1 aliphatic heterocycles. The minimum atomic E-state index is -0.0525. The van der Waals surface area contributed by atoms with E-state index in [1.165, 1.54) is 0 Å². The first kappa shape index (κ1) is 14.9. The van der Waals surface area contributed by atoms with Crippen molar-refractivity contribution >= 4 is 11.7 Å². The van der Waals surface area contributed by atoms with Crippen LogP contribution in [0.25, 0.3) is 0 Å². The van der Waals surface area contributed by atoms with Crippen LogP contribution in [0.3, 0.4) is 0 Å². The van der Waals surface area contributed by atoms with Crippen molar-refractivity contribution in [3.8, 4) is 17.6 Å². The molecule has 0 aromatic heterocycles. The first-order chi connectivity index (χ1) is 11.2. The van der Waals surface area contributed by atoms with Gasteiger partial charge in [-0.1, -0.05) is 0 Å². The van der Waals surface area contributed by atoms with Crippen LogP contribution in [0.4, 0.5) is 10.5 Å². The molecule has 2 aromatic rings. The van der Waals surface area contributed by atoms with Crippen LogP contribution in [0.2, 0.25) is 0 Å². The quantitative estimate of drug-likeness (QED) is 0.932. The Balaban J connectivity index is 1.60. The number of carbonyl (C=O) groups excluding carboxylic acids is 1. The van der Waals surface area contributed by atoms with Gasteiger partial charge in [0.2, 0.25) is 0 Å². The SMILES string of the molecule is N#Cc1ccc(Oc2ccc(NC(=O)N3CCCC3)cc2)cc1. The molecule has 0 atom stereocenters. The van der Waals surface area contributed by atoms with Crippen molar-refractivity contribution < 1.29 is 9.53 Å². The van der Waals surface area contributed by atoms with E-state index in [1.807, 2.05) is 17.0 Å². The van der Waals surface area contributed by atoms with Gasteiger partial charge in [-0.05, 0) is 61.4 Å². The second-order valence-corrected chi connectivity index (χ2v) is 5.39. The number of nitrogens with one attached hydrogen (secondary N) is 1. The maximum Gasteiger partial charge on any atom is 0.321 e. The Morgan fingerprint density at radius 2 is 1.57 bits per heavy atom. The fourth-order valence-corrected chi connectivity index (χ4v) is 2.46. The van der Waals surface area contributed by atoms with Crippen LogP contribution < -0.4 is 10.1 Å². The van der Waals surface area contributed by atoms with Crippen molar-refractivity contribution in [3.05, 3.63) is 54.1 Å². The van der Waals surface area contributed by atoms with Crippen LogP contribution in [-0.2, 0) is 0 Å². The fourth-order valence-electron chi connectivity index (χ4n) is 2.46. The van der Waals surface area contributed by atoms with Crippen LogP contribution in [0, 0.1) is 11.3 Å². The van der Waals surface area contributed by atoms with Crippen molar-refractivity contribution in [1.82, 2.24) is 4.90 Å². The number of ether oxygens (including phenoxy) is 1. The molecule has 1 N–H and O–H groups in total. The Labute approximate surface area is 135 Å². The van der Waals surface area contributed by atoms with E-state index in [4.69, 9.17) is 10.00 Å². The number of urea groups is 1. The molecule has 0 unspecified atom stereocenters. The number of nitrogens with zero attached hydrogens (tertiary/aromatic N) is 2. The number of rotatable bonds is 3. The highest BCUT2D eigenvalue weighted by Gasteiger charge is 2.17. The molecular formula is C18H17N3O2. The smallest absolute Gasteiger partial charge is 0.321 e. The second kappa shape index (κ2) is 6.84. The van der Waals surface area contributed by atoms with E-state index < -0.39 is 0 Å². The molecule has 1 aliphatic rings. The first-order valence-corrected chi connectivity index (χ1v) is 7.58. The Morgan fingerprint density at radius 3 is 2.13 bits per heavy atom. The number of nitriles is 1. The van der Waals surface area contributed by atoms with E-state index in [0.717, 1.165) is 31.6 Å². The van der Waals surface area contributed by atoms with Gasteiger partial charge in [-0.15, -0.1) is 0 Å². The van der Waals surface area contributed by atoms with Gasteiger partial charge in [0.1, 0.15) is 11.5 Å². The van der Waals surface area contributed by atoms with Gasteiger partial charge in [0, 0.05) is 18.8 Å². The van der Waals surface area contributed by atoms with Crippen LogP contribution in [0.5, 0.6) is 11.5 Å². The van der Waals surface area contributed by atoms with Gasteiger partial charge in [-0.2, -0.15) is 5.26 Å². The first-order valence-electron chi connectivity index (χ1n) is 7.58. The van der Waals surface area contributed by atoms with Gasteiger partial charge in [0.15, 0.2) is 0 Å². The largest absolute Gasteiger partial charge is 0.457 e. The Hall–Kier alpha value is -3.00. The van der Waals surface area contributed by atoms with Crippen LogP contribution in [0.15, 0.2) is 48.5 Å². The summed E-state index contributed by atoms with van der Waals surface area (Å²) in [4.78, 5) is 13.8. The average Bonchev–Trinajstić information content (AvgIpc) is 3.12. The van der Waals surface area contributed by atoms with Crippen molar-refractivity contribution in [2.24, 2.45) is 0 Å². The summed E-state index contributed by atoms with van der Waals surface area (Å²) in [6.07, 6.45) is 2.15. The molecule has 0 aliphatic carbocycles. The molecular weight excluding hydrogens is 290 g/mol. The van der Waals surface area contributed by atoms with Gasteiger partial charge in [-0.3, -0.25) is 0 Å².